The number of para-hydroxylation sites is 2. The summed E-state index contributed by atoms with van der Waals surface area (Å²) in [5.41, 5.74) is 6.08. The maximum atomic E-state index is 10.9. The molecule has 0 unspecified atom stereocenters. The van der Waals surface area contributed by atoms with Crippen LogP contribution >= 0.6 is 0 Å². The normalized spacial score (nSPS) is 11.2. The molecule has 0 atom stereocenters. The van der Waals surface area contributed by atoms with Crippen molar-refractivity contribution in [1.82, 2.24) is 9.55 Å². The first-order valence-corrected chi connectivity index (χ1v) is 7.02. The first-order chi connectivity index (χ1) is 11.1. The maximum Gasteiger partial charge on any atom is 0.272 e. The van der Waals surface area contributed by atoms with Crippen molar-refractivity contribution in [3.8, 4) is 0 Å². The third kappa shape index (κ3) is 2.89. The van der Waals surface area contributed by atoms with Crippen LogP contribution in [0.3, 0.4) is 0 Å². The van der Waals surface area contributed by atoms with Gasteiger partial charge in [-0.25, -0.2) is 10.4 Å². The van der Waals surface area contributed by atoms with Crippen LogP contribution in [0, 0.1) is 17.0 Å². The lowest BCUT2D eigenvalue weighted by atomic mass is 10.1. The Hall–Kier alpha value is -3.22. The number of rotatable bonds is 4. The SMILES string of the molecule is Cc1ccc(/C=N\Nc2nc3ccccc3n2C)cc1[N+](=O)[O-]. The summed E-state index contributed by atoms with van der Waals surface area (Å²) in [6, 6.07) is 12.7. The van der Waals surface area contributed by atoms with Gasteiger partial charge in [0.05, 0.1) is 22.2 Å². The highest BCUT2D eigenvalue weighted by atomic mass is 16.6. The lowest BCUT2D eigenvalue weighted by molar-refractivity contribution is -0.385. The van der Waals surface area contributed by atoms with E-state index in [0.717, 1.165) is 11.0 Å². The van der Waals surface area contributed by atoms with Crippen LogP contribution in [-0.2, 0) is 7.05 Å². The monoisotopic (exact) mass is 309 g/mol. The Bertz CT molecular complexity index is 914. The molecular formula is C16H15N5O2. The lowest BCUT2D eigenvalue weighted by Crippen LogP contribution is -1.99. The van der Waals surface area contributed by atoms with Gasteiger partial charge in [0, 0.05) is 24.2 Å². The summed E-state index contributed by atoms with van der Waals surface area (Å²) in [6.07, 6.45) is 1.53. The fraction of sp³-hybridized carbons (Fsp3) is 0.125. The highest BCUT2D eigenvalue weighted by Crippen LogP contribution is 2.19. The number of anilines is 1. The third-order valence-corrected chi connectivity index (χ3v) is 3.60. The fourth-order valence-corrected chi connectivity index (χ4v) is 2.31. The van der Waals surface area contributed by atoms with Crippen LogP contribution in [0.1, 0.15) is 11.1 Å². The summed E-state index contributed by atoms with van der Waals surface area (Å²) in [7, 11) is 1.89. The van der Waals surface area contributed by atoms with Crippen molar-refractivity contribution in [3.05, 3.63) is 63.7 Å². The van der Waals surface area contributed by atoms with Crippen LogP contribution in [0.4, 0.5) is 11.6 Å². The number of hydrazone groups is 1. The number of aryl methyl sites for hydroxylation is 2. The molecule has 0 saturated carbocycles. The molecule has 0 fully saturated rings. The summed E-state index contributed by atoms with van der Waals surface area (Å²) in [5, 5.41) is 15.1. The molecule has 116 valence electrons. The van der Waals surface area contributed by atoms with Gasteiger partial charge in [-0.3, -0.25) is 10.1 Å². The Morgan fingerprint density at radius 2 is 2.09 bits per heavy atom. The summed E-state index contributed by atoms with van der Waals surface area (Å²) in [5.74, 6) is 0.601. The number of fused-ring (bicyclic) bond motifs is 1. The number of hydrogen-bond donors (Lipinski definition) is 1. The molecule has 1 aromatic heterocycles. The van der Waals surface area contributed by atoms with Crippen molar-refractivity contribution in [2.45, 2.75) is 6.92 Å². The molecule has 0 bridgehead atoms. The van der Waals surface area contributed by atoms with Crippen molar-refractivity contribution in [2.75, 3.05) is 5.43 Å². The quantitative estimate of drug-likeness (QED) is 0.455. The van der Waals surface area contributed by atoms with Gasteiger partial charge in [0.1, 0.15) is 0 Å². The maximum absolute atomic E-state index is 10.9. The molecule has 7 nitrogen and oxygen atoms in total. The molecule has 3 rings (SSSR count). The topological polar surface area (TPSA) is 85.3 Å². The van der Waals surface area contributed by atoms with E-state index < -0.39 is 4.92 Å². The minimum absolute atomic E-state index is 0.0803. The molecule has 1 N–H and O–H groups in total. The molecule has 0 aliphatic carbocycles. The second-order valence-corrected chi connectivity index (χ2v) is 5.16. The van der Waals surface area contributed by atoms with E-state index in [2.05, 4.69) is 15.5 Å². The zero-order valence-electron chi connectivity index (χ0n) is 12.7. The number of imidazole rings is 1. The Labute approximate surface area is 132 Å². The van der Waals surface area contributed by atoms with Crippen LogP contribution in [0.15, 0.2) is 47.6 Å². The van der Waals surface area contributed by atoms with Gasteiger partial charge in [-0.2, -0.15) is 5.10 Å². The van der Waals surface area contributed by atoms with Crippen molar-refractivity contribution < 1.29 is 4.92 Å². The standard InChI is InChI=1S/C16H15N5O2/c1-11-7-8-12(9-15(11)21(22)23)10-17-19-16-18-13-5-3-4-6-14(13)20(16)2/h3-10H,1-2H3,(H,18,19)/b17-10-. The molecular weight excluding hydrogens is 294 g/mol. The number of nitrogens with zero attached hydrogens (tertiary/aromatic N) is 4. The Morgan fingerprint density at radius 1 is 1.30 bits per heavy atom. The largest absolute Gasteiger partial charge is 0.312 e. The minimum Gasteiger partial charge on any atom is -0.312 e. The van der Waals surface area contributed by atoms with E-state index in [-0.39, 0.29) is 5.69 Å². The number of nitrogens with one attached hydrogen (secondary N) is 1. The predicted octanol–water partition coefficient (Wildman–Crippen LogP) is 3.24. The Morgan fingerprint density at radius 3 is 2.83 bits per heavy atom. The molecule has 0 saturated heterocycles. The van der Waals surface area contributed by atoms with E-state index in [1.807, 2.05) is 35.9 Å². The lowest BCUT2D eigenvalue weighted by Gasteiger charge is -2.01. The minimum atomic E-state index is -0.397. The number of nitro groups is 1. The molecule has 0 spiro atoms. The highest BCUT2D eigenvalue weighted by molar-refractivity contribution is 5.82. The van der Waals surface area contributed by atoms with Gasteiger partial charge >= 0.3 is 0 Å². The molecule has 0 radical (unpaired) electrons. The molecule has 0 aliphatic heterocycles. The van der Waals surface area contributed by atoms with Gasteiger partial charge in [-0.05, 0) is 19.1 Å². The van der Waals surface area contributed by atoms with Crippen LogP contribution < -0.4 is 5.43 Å². The van der Waals surface area contributed by atoms with Crippen molar-refractivity contribution in [3.63, 3.8) is 0 Å². The molecule has 7 heteroatoms. The summed E-state index contributed by atoms with van der Waals surface area (Å²) in [4.78, 5) is 15.0. The van der Waals surface area contributed by atoms with Crippen molar-refractivity contribution >= 4 is 28.9 Å². The van der Waals surface area contributed by atoms with Gasteiger partial charge in [-0.15, -0.1) is 0 Å². The third-order valence-electron chi connectivity index (χ3n) is 3.60. The van der Waals surface area contributed by atoms with E-state index in [1.54, 1.807) is 19.1 Å². The fourth-order valence-electron chi connectivity index (χ4n) is 2.31. The predicted molar refractivity (Wildman–Crippen MR) is 89.8 cm³/mol. The molecule has 1 heterocycles. The van der Waals surface area contributed by atoms with Crippen LogP contribution in [0.25, 0.3) is 11.0 Å². The smallest absolute Gasteiger partial charge is 0.272 e. The highest BCUT2D eigenvalue weighted by Gasteiger charge is 2.10. The zero-order chi connectivity index (χ0) is 16.4. The molecule has 2 aromatic carbocycles. The second kappa shape index (κ2) is 5.88. The summed E-state index contributed by atoms with van der Waals surface area (Å²) in [6.45, 7) is 1.71. The first kappa shape index (κ1) is 14.7. The Balaban J connectivity index is 1.82. The van der Waals surface area contributed by atoms with Gasteiger partial charge in [-0.1, -0.05) is 24.3 Å². The average Bonchev–Trinajstić information content (AvgIpc) is 2.85. The van der Waals surface area contributed by atoms with Gasteiger partial charge in [0.25, 0.3) is 5.69 Å². The number of aromatic nitrogens is 2. The molecule has 0 amide bonds. The molecule has 23 heavy (non-hydrogen) atoms. The Kier molecular flexibility index (Phi) is 3.76. The van der Waals surface area contributed by atoms with E-state index in [0.29, 0.717) is 17.1 Å². The van der Waals surface area contributed by atoms with Crippen molar-refractivity contribution in [2.24, 2.45) is 12.1 Å². The van der Waals surface area contributed by atoms with Crippen LogP contribution in [0.2, 0.25) is 0 Å². The van der Waals surface area contributed by atoms with Crippen LogP contribution in [0.5, 0.6) is 0 Å². The van der Waals surface area contributed by atoms with E-state index in [1.165, 1.54) is 12.3 Å². The van der Waals surface area contributed by atoms with Crippen LogP contribution in [-0.4, -0.2) is 20.7 Å². The molecule has 0 aliphatic rings. The van der Waals surface area contributed by atoms with Gasteiger partial charge < -0.3 is 4.57 Å². The van der Waals surface area contributed by atoms with Gasteiger partial charge in [0.2, 0.25) is 5.95 Å². The van der Waals surface area contributed by atoms with E-state index in [4.69, 9.17) is 0 Å². The van der Waals surface area contributed by atoms with Crippen molar-refractivity contribution in [1.29, 1.82) is 0 Å². The number of benzene rings is 2. The summed E-state index contributed by atoms with van der Waals surface area (Å²) >= 11 is 0. The first-order valence-electron chi connectivity index (χ1n) is 7.02. The number of hydrogen-bond acceptors (Lipinski definition) is 5. The second-order valence-electron chi connectivity index (χ2n) is 5.16. The van der Waals surface area contributed by atoms with E-state index in [9.17, 15) is 10.1 Å². The molecule has 3 aromatic rings. The summed E-state index contributed by atoms with van der Waals surface area (Å²) < 4.78 is 1.89. The van der Waals surface area contributed by atoms with E-state index >= 15 is 0 Å². The zero-order valence-corrected chi connectivity index (χ0v) is 12.7. The van der Waals surface area contributed by atoms with Gasteiger partial charge in [0.15, 0.2) is 0 Å². The number of nitro benzene ring substituents is 1. The average molecular weight is 309 g/mol.